The third kappa shape index (κ3) is 4.51. The molecule has 2 rings (SSSR count). The summed E-state index contributed by atoms with van der Waals surface area (Å²) < 4.78 is 1.05. The number of unbranched alkanes of at least 4 members (excludes halogenated alkanes) is 1. The van der Waals surface area contributed by atoms with Crippen LogP contribution >= 0.6 is 15.9 Å². The van der Waals surface area contributed by atoms with Gasteiger partial charge in [-0.05, 0) is 53.2 Å². The maximum Gasteiger partial charge on any atom is 0.0849 e. The molecule has 0 aliphatic carbocycles. The lowest BCUT2D eigenvalue weighted by atomic mass is 9.96. The molecule has 116 valence electrons. The molecule has 3 heteroatoms. The molecule has 22 heavy (non-hydrogen) atoms. The van der Waals surface area contributed by atoms with Crippen molar-refractivity contribution in [3.63, 3.8) is 0 Å². The Morgan fingerprint density at radius 2 is 2.00 bits per heavy atom. The second kappa shape index (κ2) is 8.23. The van der Waals surface area contributed by atoms with Gasteiger partial charge in [0, 0.05) is 10.7 Å². The van der Waals surface area contributed by atoms with E-state index in [0.29, 0.717) is 5.92 Å². The third-order valence-corrected chi connectivity index (χ3v) is 4.42. The molecule has 2 nitrogen and oxygen atoms in total. The number of nitrogens with zero attached hydrogens (tertiary/aromatic N) is 2. The van der Waals surface area contributed by atoms with E-state index in [1.807, 2.05) is 13.1 Å². The molecular formula is C19H23BrN2. The first-order valence-electron chi connectivity index (χ1n) is 7.85. The van der Waals surface area contributed by atoms with E-state index in [0.717, 1.165) is 40.8 Å². The van der Waals surface area contributed by atoms with Gasteiger partial charge in [0.05, 0.1) is 17.1 Å². The van der Waals surface area contributed by atoms with Gasteiger partial charge in [0.1, 0.15) is 0 Å². The molecule has 0 fully saturated rings. The van der Waals surface area contributed by atoms with Crippen LogP contribution in [-0.4, -0.2) is 11.2 Å². The third-order valence-electron chi connectivity index (χ3n) is 3.73. The molecule has 0 aliphatic heterocycles. The summed E-state index contributed by atoms with van der Waals surface area (Å²) in [5.74, 6) is 0.443. The topological polar surface area (TPSA) is 25.2 Å². The zero-order valence-electron chi connectivity index (χ0n) is 13.5. The number of aryl methyl sites for hydroxylation is 1. The van der Waals surface area contributed by atoms with Crippen LogP contribution in [0.15, 0.2) is 45.9 Å². The van der Waals surface area contributed by atoms with Crippen molar-refractivity contribution in [1.82, 2.24) is 4.98 Å². The van der Waals surface area contributed by atoms with Gasteiger partial charge in [-0.25, -0.2) is 0 Å². The van der Waals surface area contributed by atoms with Crippen molar-refractivity contribution in [1.29, 1.82) is 0 Å². The van der Waals surface area contributed by atoms with Crippen molar-refractivity contribution >= 4 is 27.8 Å². The van der Waals surface area contributed by atoms with Crippen molar-refractivity contribution in [2.24, 2.45) is 4.99 Å². The van der Waals surface area contributed by atoms with Crippen LogP contribution in [0, 0.1) is 6.92 Å². The van der Waals surface area contributed by atoms with Crippen molar-refractivity contribution in [2.75, 3.05) is 0 Å². The standard InChI is InChI=1S/C19H23BrN2/c1-4-5-11-21-18-13-17(20)19(22-15(18)3)12-14(2)16-9-7-6-8-10-16/h6-11,13-14H,4-5,12H2,1-3H3. The van der Waals surface area contributed by atoms with Crippen molar-refractivity contribution in [2.45, 2.75) is 46.0 Å². The van der Waals surface area contributed by atoms with E-state index in [4.69, 9.17) is 4.98 Å². The lowest BCUT2D eigenvalue weighted by Crippen LogP contribution is -2.02. The summed E-state index contributed by atoms with van der Waals surface area (Å²) in [4.78, 5) is 9.27. The highest BCUT2D eigenvalue weighted by atomic mass is 79.9. The minimum absolute atomic E-state index is 0.443. The number of pyridine rings is 1. The van der Waals surface area contributed by atoms with Gasteiger partial charge in [-0.15, -0.1) is 0 Å². The molecule has 0 amide bonds. The number of halogens is 1. The van der Waals surface area contributed by atoms with Crippen LogP contribution < -0.4 is 0 Å². The number of hydrogen-bond donors (Lipinski definition) is 0. The van der Waals surface area contributed by atoms with Gasteiger partial charge in [-0.3, -0.25) is 9.98 Å². The molecule has 1 unspecified atom stereocenters. The summed E-state index contributed by atoms with van der Waals surface area (Å²) in [6.45, 7) is 6.43. The zero-order chi connectivity index (χ0) is 15.9. The minimum Gasteiger partial charge on any atom is -0.259 e. The largest absolute Gasteiger partial charge is 0.259 e. The summed E-state index contributed by atoms with van der Waals surface area (Å²) in [5.41, 5.74) is 4.39. The Morgan fingerprint density at radius 3 is 2.68 bits per heavy atom. The van der Waals surface area contributed by atoms with Crippen molar-refractivity contribution in [3.05, 3.63) is 57.8 Å². The lowest BCUT2D eigenvalue weighted by molar-refractivity contribution is 0.735. The molecule has 0 saturated heterocycles. The fourth-order valence-electron chi connectivity index (χ4n) is 2.38. The first-order chi connectivity index (χ1) is 10.6. The second-order valence-corrected chi connectivity index (χ2v) is 6.49. The molecule has 0 aliphatic rings. The van der Waals surface area contributed by atoms with Gasteiger partial charge >= 0.3 is 0 Å². The van der Waals surface area contributed by atoms with Crippen LogP contribution in [0.2, 0.25) is 0 Å². The van der Waals surface area contributed by atoms with E-state index in [1.54, 1.807) is 0 Å². The highest BCUT2D eigenvalue weighted by molar-refractivity contribution is 9.10. The lowest BCUT2D eigenvalue weighted by Gasteiger charge is -2.14. The van der Waals surface area contributed by atoms with E-state index in [-0.39, 0.29) is 0 Å². The van der Waals surface area contributed by atoms with E-state index in [9.17, 15) is 0 Å². The number of hydrogen-bond acceptors (Lipinski definition) is 2. The van der Waals surface area contributed by atoms with E-state index < -0.39 is 0 Å². The second-order valence-electron chi connectivity index (χ2n) is 5.64. The molecule has 0 N–H and O–H groups in total. The van der Waals surface area contributed by atoms with Crippen LogP contribution in [-0.2, 0) is 6.42 Å². The Kier molecular flexibility index (Phi) is 6.32. The zero-order valence-corrected chi connectivity index (χ0v) is 15.1. The van der Waals surface area contributed by atoms with Crippen LogP contribution in [0.1, 0.15) is 49.6 Å². The van der Waals surface area contributed by atoms with Gasteiger partial charge in [0.25, 0.3) is 0 Å². The fraction of sp³-hybridized carbons (Fsp3) is 0.368. The SMILES string of the molecule is CCCC=Nc1cc(Br)c(CC(C)c2ccccc2)nc1C. The molecule has 1 atom stereocenters. The number of benzene rings is 1. The van der Waals surface area contributed by atoms with Gasteiger partial charge in [0.15, 0.2) is 0 Å². The quantitative estimate of drug-likeness (QED) is 0.581. The Labute approximate surface area is 141 Å². The maximum atomic E-state index is 4.76. The molecule has 0 bridgehead atoms. The first-order valence-corrected chi connectivity index (χ1v) is 8.64. The van der Waals surface area contributed by atoms with Gasteiger partial charge in [-0.2, -0.15) is 0 Å². The van der Waals surface area contributed by atoms with Crippen LogP contribution in [0.5, 0.6) is 0 Å². The summed E-state index contributed by atoms with van der Waals surface area (Å²) in [7, 11) is 0. The monoisotopic (exact) mass is 358 g/mol. The summed E-state index contributed by atoms with van der Waals surface area (Å²) >= 11 is 3.65. The van der Waals surface area contributed by atoms with Crippen molar-refractivity contribution < 1.29 is 0 Å². The average molecular weight is 359 g/mol. The first kappa shape index (κ1) is 16.9. The van der Waals surface area contributed by atoms with E-state index >= 15 is 0 Å². The van der Waals surface area contributed by atoms with E-state index in [1.165, 1.54) is 5.56 Å². The Bertz CT molecular complexity index is 635. The summed E-state index contributed by atoms with van der Waals surface area (Å²) in [6.07, 6.45) is 5.01. The Hall–Kier alpha value is -1.48. The molecule has 1 aromatic carbocycles. The molecular weight excluding hydrogens is 336 g/mol. The summed E-state index contributed by atoms with van der Waals surface area (Å²) in [6, 6.07) is 12.7. The van der Waals surface area contributed by atoms with Crippen LogP contribution in [0.4, 0.5) is 5.69 Å². The summed E-state index contributed by atoms with van der Waals surface area (Å²) in [5, 5.41) is 0. The smallest absolute Gasteiger partial charge is 0.0849 e. The molecule has 1 heterocycles. The predicted octanol–water partition coefficient (Wildman–Crippen LogP) is 6.00. The number of rotatable bonds is 6. The number of aromatic nitrogens is 1. The molecule has 0 saturated carbocycles. The van der Waals surface area contributed by atoms with Gasteiger partial charge < -0.3 is 0 Å². The fourth-order valence-corrected chi connectivity index (χ4v) is 2.84. The Balaban J connectivity index is 2.17. The maximum absolute atomic E-state index is 4.76. The number of aliphatic imine (C=N–C) groups is 1. The molecule has 0 spiro atoms. The average Bonchev–Trinajstić information content (AvgIpc) is 2.53. The van der Waals surface area contributed by atoms with Crippen LogP contribution in [0.3, 0.4) is 0 Å². The van der Waals surface area contributed by atoms with Crippen molar-refractivity contribution in [3.8, 4) is 0 Å². The Morgan fingerprint density at radius 1 is 1.27 bits per heavy atom. The molecule has 2 aromatic rings. The van der Waals surface area contributed by atoms with Crippen LogP contribution in [0.25, 0.3) is 0 Å². The van der Waals surface area contributed by atoms with Gasteiger partial charge in [-0.1, -0.05) is 50.6 Å². The minimum atomic E-state index is 0.443. The van der Waals surface area contributed by atoms with Gasteiger partial charge in [0.2, 0.25) is 0 Å². The highest BCUT2D eigenvalue weighted by Crippen LogP contribution is 2.28. The highest BCUT2D eigenvalue weighted by Gasteiger charge is 2.12. The predicted molar refractivity (Wildman–Crippen MR) is 98.3 cm³/mol. The molecule has 0 radical (unpaired) electrons. The van der Waals surface area contributed by atoms with E-state index in [2.05, 4.69) is 71.2 Å². The molecule has 1 aromatic heterocycles. The normalized spacial score (nSPS) is 12.7.